The molecule has 0 bridgehead atoms. The van der Waals surface area contributed by atoms with E-state index in [-0.39, 0.29) is 6.61 Å². The van der Waals surface area contributed by atoms with Gasteiger partial charge >= 0.3 is 0 Å². The van der Waals surface area contributed by atoms with Crippen molar-refractivity contribution in [3.8, 4) is 0 Å². The van der Waals surface area contributed by atoms with Crippen LogP contribution < -0.4 is 22.5 Å². The summed E-state index contributed by atoms with van der Waals surface area (Å²) in [6.45, 7) is 0.672. The molecule has 0 aliphatic carbocycles. The maximum atomic E-state index is 10.9. The van der Waals surface area contributed by atoms with Gasteiger partial charge < -0.3 is 27.3 Å². The SMILES string of the molecule is NC(=O)COCCNc1ccc(C(N)=O)cc1N. The molecule has 7 nitrogen and oxygen atoms in total. The Morgan fingerprint density at radius 1 is 1.28 bits per heavy atom. The number of anilines is 2. The molecule has 1 aromatic carbocycles. The minimum Gasteiger partial charge on any atom is -0.397 e. The van der Waals surface area contributed by atoms with Crippen LogP contribution in [0.25, 0.3) is 0 Å². The Bertz CT molecular complexity index is 448. The number of rotatable bonds is 7. The van der Waals surface area contributed by atoms with Gasteiger partial charge in [-0.25, -0.2) is 0 Å². The standard InChI is InChI=1S/C11H16N4O3/c12-8-5-7(11(14)17)1-2-9(8)15-3-4-18-6-10(13)16/h1-2,5,15H,3-4,6,12H2,(H2,13,16)(H2,14,17). The van der Waals surface area contributed by atoms with Crippen LogP contribution in [0.2, 0.25) is 0 Å². The van der Waals surface area contributed by atoms with Gasteiger partial charge in [0, 0.05) is 12.1 Å². The minimum atomic E-state index is -0.530. The van der Waals surface area contributed by atoms with Gasteiger partial charge in [0.15, 0.2) is 0 Å². The smallest absolute Gasteiger partial charge is 0.248 e. The van der Waals surface area contributed by atoms with Crippen molar-refractivity contribution < 1.29 is 14.3 Å². The molecule has 7 heteroatoms. The number of benzene rings is 1. The second-order valence-electron chi connectivity index (χ2n) is 3.61. The van der Waals surface area contributed by atoms with Gasteiger partial charge in [-0.1, -0.05) is 0 Å². The zero-order valence-corrected chi connectivity index (χ0v) is 9.81. The fourth-order valence-electron chi connectivity index (χ4n) is 1.31. The fraction of sp³-hybridized carbons (Fsp3) is 0.273. The number of amides is 2. The first-order valence-electron chi connectivity index (χ1n) is 5.30. The molecule has 0 aliphatic rings. The summed E-state index contributed by atoms with van der Waals surface area (Å²) in [6.07, 6.45) is 0. The molecule has 0 saturated heterocycles. The number of carbonyl (C=O) groups excluding carboxylic acids is 2. The monoisotopic (exact) mass is 252 g/mol. The maximum absolute atomic E-state index is 10.9. The van der Waals surface area contributed by atoms with Crippen LogP contribution in [0.3, 0.4) is 0 Å². The summed E-state index contributed by atoms with van der Waals surface area (Å²) in [7, 11) is 0. The van der Waals surface area contributed by atoms with E-state index in [2.05, 4.69) is 5.32 Å². The normalized spacial score (nSPS) is 10.0. The number of ether oxygens (including phenoxy) is 1. The third-order valence-electron chi connectivity index (χ3n) is 2.14. The van der Waals surface area contributed by atoms with Crippen molar-refractivity contribution in [1.82, 2.24) is 0 Å². The predicted octanol–water partition coefficient (Wildman–Crippen LogP) is -0.718. The number of carbonyl (C=O) groups is 2. The second-order valence-corrected chi connectivity index (χ2v) is 3.61. The summed E-state index contributed by atoms with van der Waals surface area (Å²) in [5, 5.41) is 3.00. The fourth-order valence-corrected chi connectivity index (χ4v) is 1.31. The van der Waals surface area contributed by atoms with Crippen LogP contribution in [-0.4, -0.2) is 31.6 Å². The second kappa shape index (κ2) is 6.45. The Morgan fingerprint density at radius 2 is 2.00 bits per heavy atom. The van der Waals surface area contributed by atoms with Crippen LogP contribution in [0.4, 0.5) is 11.4 Å². The van der Waals surface area contributed by atoms with Crippen molar-refractivity contribution in [2.75, 3.05) is 30.8 Å². The number of nitrogens with two attached hydrogens (primary N) is 3. The van der Waals surface area contributed by atoms with E-state index in [1.54, 1.807) is 12.1 Å². The largest absolute Gasteiger partial charge is 0.397 e. The molecule has 0 saturated carbocycles. The van der Waals surface area contributed by atoms with Crippen molar-refractivity contribution in [2.45, 2.75) is 0 Å². The quantitative estimate of drug-likeness (QED) is 0.375. The molecule has 0 radical (unpaired) electrons. The summed E-state index contributed by atoms with van der Waals surface area (Å²) < 4.78 is 4.97. The van der Waals surface area contributed by atoms with E-state index < -0.39 is 11.8 Å². The lowest BCUT2D eigenvalue weighted by atomic mass is 10.1. The third-order valence-corrected chi connectivity index (χ3v) is 2.14. The number of hydrogen-bond donors (Lipinski definition) is 4. The lowest BCUT2D eigenvalue weighted by Gasteiger charge is -2.10. The van der Waals surface area contributed by atoms with E-state index >= 15 is 0 Å². The number of nitrogens with one attached hydrogen (secondary N) is 1. The van der Waals surface area contributed by atoms with Crippen LogP contribution in [0.15, 0.2) is 18.2 Å². The van der Waals surface area contributed by atoms with Crippen LogP contribution in [0.1, 0.15) is 10.4 Å². The van der Waals surface area contributed by atoms with E-state index in [9.17, 15) is 9.59 Å². The first-order valence-corrected chi connectivity index (χ1v) is 5.30. The number of hydrogen-bond acceptors (Lipinski definition) is 5. The molecule has 1 rings (SSSR count). The Labute approximate surface area is 104 Å². The highest BCUT2D eigenvalue weighted by molar-refractivity contribution is 5.94. The zero-order valence-electron chi connectivity index (χ0n) is 9.81. The molecule has 18 heavy (non-hydrogen) atoms. The lowest BCUT2D eigenvalue weighted by molar-refractivity contribution is -0.122. The van der Waals surface area contributed by atoms with Crippen molar-refractivity contribution in [2.24, 2.45) is 11.5 Å². The highest BCUT2D eigenvalue weighted by atomic mass is 16.5. The number of nitrogen functional groups attached to an aromatic ring is 1. The highest BCUT2D eigenvalue weighted by Gasteiger charge is 2.04. The van der Waals surface area contributed by atoms with E-state index in [4.69, 9.17) is 21.9 Å². The van der Waals surface area contributed by atoms with Crippen LogP contribution in [0.5, 0.6) is 0 Å². The van der Waals surface area contributed by atoms with Crippen LogP contribution >= 0.6 is 0 Å². The molecule has 0 aromatic heterocycles. The molecule has 0 spiro atoms. The summed E-state index contributed by atoms with van der Waals surface area (Å²) >= 11 is 0. The Balaban J connectivity index is 2.43. The lowest BCUT2D eigenvalue weighted by Crippen LogP contribution is -2.20. The molecule has 0 heterocycles. The summed E-state index contributed by atoms with van der Waals surface area (Å²) in [5.41, 5.74) is 17.2. The molecule has 1 aromatic rings. The van der Waals surface area contributed by atoms with Crippen LogP contribution in [-0.2, 0) is 9.53 Å². The summed E-state index contributed by atoms with van der Waals surface area (Å²) in [5.74, 6) is -1.04. The van der Waals surface area contributed by atoms with E-state index in [1.165, 1.54) is 6.07 Å². The van der Waals surface area contributed by atoms with Gasteiger partial charge in [-0.05, 0) is 18.2 Å². The van der Waals surface area contributed by atoms with Crippen LogP contribution in [0, 0.1) is 0 Å². The predicted molar refractivity (Wildman–Crippen MR) is 67.9 cm³/mol. The van der Waals surface area contributed by atoms with Crippen molar-refractivity contribution >= 4 is 23.2 Å². The molecular formula is C11H16N4O3. The third kappa shape index (κ3) is 4.30. The van der Waals surface area contributed by atoms with Crippen molar-refractivity contribution in [3.05, 3.63) is 23.8 Å². The Morgan fingerprint density at radius 3 is 2.56 bits per heavy atom. The maximum Gasteiger partial charge on any atom is 0.248 e. The summed E-state index contributed by atoms with van der Waals surface area (Å²) in [4.78, 5) is 21.3. The Kier molecular flexibility index (Phi) is 4.94. The first-order chi connectivity index (χ1) is 8.50. The van der Waals surface area contributed by atoms with Crippen molar-refractivity contribution in [1.29, 1.82) is 0 Å². The Hall–Kier alpha value is -2.28. The van der Waals surface area contributed by atoms with Gasteiger partial charge in [0.05, 0.1) is 18.0 Å². The van der Waals surface area contributed by atoms with Gasteiger partial charge in [-0.2, -0.15) is 0 Å². The van der Waals surface area contributed by atoms with Gasteiger partial charge in [0.1, 0.15) is 6.61 Å². The van der Waals surface area contributed by atoms with Gasteiger partial charge in [0.25, 0.3) is 0 Å². The molecular weight excluding hydrogens is 236 g/mol. The molecule has 0 atom stereocenters. The zero-order chi connectivity index (χ0) is 13.5. The van der Waals surface area contributed by atoms with Gasteiger partial charge in [-0.3, -0.25) is 9.59 Å². The average molecular weight is 252 g/mol. The van der Waals surface area contributed by atoms with Gasteiger partial charge in [-0.15, -0.1) is 0 Å². The number of primary amides is 2. The molecule has 0 unspecified atom stereocenters. The van der Waals surface area contributed by atoms with Gasteiger partial charge in [0.2, 0.25) is 11.8 Å². The summed E-state index contributed by atoms with van der Waals surface area (Å²) in [6, 6.07) is 4.73. The molecule has 98 valence electrons. The van der Waals surface area contributed by atoms with E-state index in [1.807, 2.05) is 0 Å². The van der Waals surface area contributed by atoms with E-state index in [0.717, 1.165) is 0 Å². The first kappa shape index (κ1) is 13.8. The molecule has 0 aliphatic heterocycles. The molecule has 2 amide bonds. The highest BCUT2D eigenvalue weighted by Crippen LogP contribution is 2.19. The minimum absolute atomic E-state index is 0.113. The average Bonchev–Trinajstić information content (AvgIpc) is 2.29. The molecule has 0 fully saturated rings. The molecule has 7 N–H and O–H groups in total. The van der Waals surface area contributed by atoms with Crippen molar-refractivity contribution in [3.63, 3.8) is 0 Å². The topological polar surface area (TPSA) is 133 Å². The van der Waals surface area contributed by atoms with E-state index in [0.29, 0.717) is 30.1 Å².